The maximum atomic E-state index is 13.1. The topological polar surface area (TPSA) is 62.7 Å². The Morgan fingerprint density at radius 1 is 1.24 bits per heavy atom. The van der Waals surface area contributed by atoms with Crippen molar-refractivity contribution in [1.29, 1.82) is 0 Å². The molecule has 6 heteroatoms. The molecule has 1 aromatic heterocycles. The van der Waals surface area contributed by atoms with Gasteiger partial charge >= 0.3 is 0 Å². The first-order chi connectivity index (χ1) is 9.99. The standard InChI is InChI=1S/C15H19N2O3P/c1-17(2)13-6-8-14(9-7-13)21(19,20-3)15(18)12-5-4-10-16-11-12/h4-11,15,18H,1-3H3/t15-,21+/m1/s1. The van der Waals surface area contributed by atoms with Crippen LogP contribution in [0.1, 0.15) is 11.4 Å². The first-order valence-electron chi connectivity index (χ1n) is 6.50. The van der Waals surface area contributed by atoms with Crippen LogP contribution in [0.25, 0.3) is 0 Å². The lowest BCUT2D eigenvalue weighted by Gasteiger charge is -2.23. The molecular formula is C15H19N2O3P. The maximum absolute atomic E-state index is 13.1. The van der Waals surface area contributed by atoms with Crippen molar-refractivity contribution < 1.29 is 14.2 Å². The molecule has 1 aromatic carbocycles. The number of aliphatic hydroxyl groups is 1. The van der Waals surface area contributed by atoms with E-state index in [1.165, 1.54) is 13.3 Å². The molecule has 0 saturated carbocycles. The molecule has 1 heterocycles. The van der Waals surface area contributed by atoms with Crippen molar-refractivity contribution in [2.24, 2.45) is 0 Å². The molecule has 0 aliphatic heterocycles. The maximum Gasteiger partial charge on any atom is 0.263 e. The molecule has 0 unspecified atom stereocenters. The summed E-state index contributed by atoms with van der Waals surface area (Å²) in [6, 6.07) is 10.5. The minimum atomic E-state index is -3.42. The summed E-state index contributed by atoms with van der Waals surface area (Å²) in [5.74, 6) is -1.23. The number of aliphatic hydroxyl groups excluding tert-OH is 1. The van der Waals surface area contributed by atoms with Crippen LogP contribution in [-0.4, -0.2) is 31.3 Å². The van der Waals surface area contributed by atoms with Gasteiger partial charge in [0.25, 0.3) is 7.37 Å². The van der Waals surface area contributed by atoms with E-state index in [0.29, 0.717) is 10.9 Å². The molecule has 0 radical (unpaired) electrons. The van der Waals surface area contributed by atoms with Gasteiger partial charge in [0.15, 0.2) is 5.85 Å². The number of aromatic nitrogens is 1. The molecule has 0 aliphatic carbocycles. The number of anilines is 1. The Morgan fingerprint density at radius 2 is 1.90 bits per heavy atom. The molecule has 21 heavy (non-hydrogen) atoms. The quantitative estimate of drug-likeness (QED) is 0.859. The predicted octanol–water partition coefficient (Wildman–Crippen LogP) is 2.39. The van der Waals surface area contributed by atoms with Crippen LogP contribution in [0.15, 0.2) is 48.8 Å². The van der Waals surface area contributed by atoms with E-state index in [9.17, 15) is 9.67 Å². The van der Waals surface area contributed by atoms with E-state index in [0.717, 1.165) is 5.69 Å². The lowest BCUT2D eigenvalue weighted by Crippen LogP contribution is -2.15. The van der Waals surface area contributed by atoms with Crippen LogP contribution >= 0.6 is 7.37 Å². The number of hydrogen-bond donors (Lipinski definition) is 1. The summed E-state index contributed by atoms with van der Waals surface area (Å²) in [6.45, 7) is 0. The molecule has 0 amide bonds. The smallest absolute Gasteiger partial charge is 0.263 e. The van der Waals surface area contributed by atoms with Gasteiger partial charge in [0.05, 0.1) is 0 Å². The minimum absolute atomic E-state index is 0.472. The molecule has 2 aromatic rings. The van der Waals surface area contributed by atoms with Crippen molar-refractivity contribution in [3.05, 3.63) is 54.4 Å². The number of rotatable bonds is 5. The van der Waals surface area contributed by atoms with E-state index in [4.69, 9.17) is 4.52 Å². The third-order valence-electron chi connectivity index (χ3n) is 3.30. The predicted molar refractivity (Wildman–Crippen MR) is 84.2 cm³/mol. The minimum Gasteiger partial charge on any atom is -0.378 e. The van der Waals surface area contributed by atoms with Crippen molar-refractivity contribution >= 4 is 18.4 Å². The second-order valence-electron chi connectivity index (χ2n) is 4.85. The van der Waals surface area contributed by atoms with E-state index in [-0.39, 0.29) is 0 Å². The first-order valence-corrected chi connectivity index (χ1v) is 8.20. The highest BCUT2D eigenvalue weighted by atomic mass is 31.2. The molecule has 2 atom stereocenters. The van der Waals surface area contributed by atoms with E-state index in [1.54, 1.807) is 30.5 Å². The Morgan fingerprint density at radius 3 is 2.38 bits per heavy atom. The van der Waals surface area contributed by atoms with E-state index in [2.05, 4.69) is 4.98 Å². The van der Waals surface area contributed by atoms with Crippen LogP contribution in [0.4, 0.5) is 5.69 Å². The Hall–Kier alpha value is -1.68. The number of nitrogens with zero attached hydrogens (tertiary/aromatic N) is 2. The zero-order chi connectivity index (χ0) is 15.5. The fourth-order valence-electron chi connectivity index (χ4n) is 2.03. The van der Waals surface area contributed by atoms with Crippen LogP contribution < -0.4 is 10.2 Å². The van der Waals surface area contributed by atoms with Crippen molar-refractivity contribution in [3.8, 4) is 0 Å². The van der Waals surface area contributed by atoms with Crippen LogP contribution in [0, 0.1) is 0 Å². The zero-order valence-corrected chi connectivity index (χ0v) is 13.2. The van der Waals surface area contributed by atoms with Crippen LogP contribution in [0.5, 0.6) is 0 Å². The van der Waals surface area contributed by atoms with Gasteiger partial charge in [-0.15, -0.1) is 0 Å². The molecule has 1 N–H and O–H groups in total. The van der Waals surface area contributed by atoms with E-state index in [1.807, 2.05) is 31.1 Å². The second kappa shape index (κ2) is 6.39. The molecule has 2 rings (SSSR count). The fraction of sp³-hybridized carbons (Fsp3) is 0.267. The summed E-state index contributed by atoms with van der Waals surface area (Å²) in [5, 5.41) is 10.9. The molecule has 0 spiro atoms. The molecule has 0 bridgehead atoms. The summed E-state index contributed by atoms with van der Waals surface area (Å²) < 4.78 is 18.3. The lowest BCUT2D eigenvalue weighted by molar-refractivity contribution is 0.228. The van der Waals surface area contributed by atoms with Crippen LogP contribution in [0.3, 0.4) is 0 Å². The molecule has 0 saturated heterocycles. The van der Waals surface area contributed by atoms with Crippen molar-refractivity contribution in [1.82, 2.24) is 4.98 Å². The Labute approximate surface area is 124 Å². The van der Waals surface area contributed by atoms with Gasteiger partial charge < -0.3 is 14.5 Å². The van der Waals surface area contributed by atoms with Crippen molar-refractivity contribution in [2.75, 3.05) is 26.1 Å². The second-order valence-corrected chi connectivity index (χ2v) is 7.42. The molecule has 112 valence electrons. The van der Waals surface area contributed by atoms with Gasteiger partial charge in [0.2, 0.25) is 0 Å². The van der Waals surface area contributed by atoms with Crippen molar-refractivity contribution in [2.45, 2.75) is 5.85 Å². The molecular weight excluding hydrogens is 287 g/mol. The first kappa shape index (κ1) is 15.7. The Kier molecular flexibility index (Phi) is 4.78. The normalized spacial score (nSPS) is 15.2. The van der Waals surface area contributed by atoms with Crippen LogP contribution in [-0.2, 0) is 9.09 Å². The average molecular weight is 306 g/mol. The van der Waals surface area contributed by atoms with Gasteiger partial charge in [-0.05, 0) is 30.3 Å². The summed E-state index contributed by atoms with van der Waals surface area (Å²) in [5.41, 5.74) is 1.46. The Bertz CT molecular complexity index is 629. The number of benzene rings is 1. The number of pyridine rings is 1. The van der Waals surface area contributed by atoms with Gasteiger partial charge in [0.1, 0.15) is 0 Å². The highest BCUT2D eigenvalue weighted by Crippen LogP contribution is 2.56. The lowest BCUT2D eigenvalue weighted by atomic mass is 10.3. The van der Waals surface area contributed by atoms with Crippen molar-refractivity contribution in [3.63, 3.8) is 0 Å². The summed E-state index contributed by atoms with van der Waals surface area (Å²) in [4.78, 5) is 5.88. The summed E-state index contributed by atoms with van der Waals surface area (Å²) >= 11 is 0. The van der Waals surface area contributed by atoms with Gasteiger partial charge in [0, 0.05) is 50.2 Å². The SMILES string of the molecule is CO[P@@](=O)(c1ccc(N(C)C)cc1)[C@@H](O)c1cccnc1. The van der Waals surface area contributed by atoms with E-state index >= 15 is 0 Å². The summed E-state index contributed by atoms with van der Waals surface area (Å²) in [6.07, 6.45) is 3.09. The third-order valence-corrected chi connectivity index (χ3v) is 5.80. The molecule has 0 aliphatic rings. The van der Waals surface area contributed by atoms with Gasteiger partial charge in [-0.3, -0.25) is 9.55 Å². The highest BCUT2D eigenvalue weighted by Gasteiger charge is 2.35. The van der Waals surface area contributed by atoms with E-state index < -0.39 is 13.2 Å². The van der Waals surface area contributed by atoms with Gasteiger partial charge in [-0.25, -0.2) is 0 Å². The number of hydrogen-bond acceptors (Lipinski definition) is 5. The third kappa shape index (κ3) is 3.16. The highest BCUT2D eigenvalue weighted by molar-refractivity contribution is 7.67. The monoisotopic (exact) mass is 306 g/mol. The molecule has 5 nitrogen and oxygen atoms in total. The van der Waals surface area contributed by atoms with Crippen LogP contribution in [0.2, 0.25) is 0 Å². The zero-order valence-electron chi connectivity index (χ0n) is 12.3. The Balaban J connectivity index is 2.39. The fourth-order valence-corrected chi connectivity index (χ4v) is 3.83. The van der Waals surface area contributed by atoms with Gasteiger partial charge in [-0.2, -0.15) is 0 Å². The summed E-state index contributed by atoms with van der Waals surface area (Å²) in [7, 11) is 1.78. The van der Waals surface area contributed by atoms with Gasteiger partial charge in [-0.1, -0.05) is 6.07 Å². The largest absolute Gasteiger partial charge is 0.378 e. The average Bonchev–Trinajstić information content (AvgIpc) is 2.54. The molecule has 0 fully saturated rings.